The summed E-state index contributed by atoms with van der Waals surface area (Å²) in [5, 5.41) is 6.28. The van der Waals surface area contributed by atoms with Crippen LogP contribution in [0.25, 0.3) is 0 Å². The van der Waals surface area contributed by atoms with Crippen molar-refractivity contribution in [1.29, 1.82) is 0 Å². The molecule has 1 aromatic rings. The second kappa shape index (κ2) is 13.3. The van der Waals surface area contributed by atoms with Gasteiger partial charge in [0.15, 0.2) is 15.8 Å². The Kier molecular flexibility index (Phi) is 12.8. The van der Waals surface area contributed by atoms with E-state index >= 15 is 0 Å². The van der Waals surface area contributed by atoms with E-state index in [1.54, 1.807) is 13.8 Å². The van der Waals surface area contributed by atoms with Crippen LogP contribution in [0.4, 0.5) is 0 Å². The van der Waals surface area contributed by atoms with Crippen LogP contribution in [0.3, 0.4) is 0 Å². The maximum atomic E-state index is 11.9. The molecule has 0 spiro atoms. The van der Waals surface area contributed by atoms with E-state index in [2.05, 4.69) is 15.6 Å². The third-order valence-electron chi connectivity index (χ3n) is 4.35. The zero-order valence-electron chi connectivity index (χ0n) is 18.4. The number of aryl methyl sites for hydroxylation is 1. The molecule has 29 heavy (non-hydrogen) atoms. The first kappa shape index (κ1) is 27.9. The lowest BCUT2D eigenvalue weighted by Gasteiger charge is -2.24. The second-order valence-corrected chi connectivity index (χ2v) is 9.89. The minimum absolute atomic E-state index is 0. The monoisotopic (exact) mass is 541 g/mol. The predicted octanol–water partition coefficient (Wildman–Crippen LogP) is 2.91. The standard InChI is InChI=1S/C20H35N3O4S.HI/c1-7-21-19(23-15-20(4,5)28(6,24)25)22-14-17-10-9-16(3)13-18(17)27-12-11-26-8-2;/h9-10,13H,7-8,11-12,14-15H2,1-6H3,(H2,21,22,23);1H. The molecule has 0 amide bonds. The Morgan fingerprint density at radius 3 is 2.45 bits per heavy atom. The van der Waals surface area contributed by atoms with Gasteiger partial charge in [-0.15, -0.1) is 24.0 Å². The molecule has 0 bridgehead atoms. The average Bonchev–Trinajstić information content (AvgIpc) is 2.61. The second-order valence-electron chi connectivity index (χ2n) is 7.24. The fraction of sp³-hybridized carbons (Fsp3) is 0.650. The number of guanidine groups is 1. The smallest absolute Gasteiger partial charge is 0.191 e. The van der Waals surface area contributed by atoms with E-state index in [1.807, 2.05) is 39.0 Å². The lowest BCUT2D eigenvalue weighted by Crippen LogP contribution is -2.47. The van der Waals surface area contributed by atoms with E-state index in [0.29, 0.717) is 38.9 Å². The molecule has 0 aromatic heterocycles. The number of nitrogens with one attached hydrogen (secondary N) is 2. The molecule has 0 aliphatic heterocycles. The van der Waals surface area contributed by atoms with Crippen LogP contribution in [0.1, 0.15) is 38.8 Å². The number of hydrogen-bond acceptors (Lipinski definition) is 5. The number of aliphatic imine (C=N–C) groups is 1. The molecule has 168 valence electrons. The third kappa shape index (κ3) is 9.99. The van der Waals surface area contributed by atoms with Crippen LogP contribution < -0.4 is 15.4 Å². The third-order valence-corrected chi connectivity index (χ3v) is 6.50. The van der Waals surface area contributed by atoms with Crippen LogP contribution in [0.5, 0.6) is 5.75 Å². The van der Waals surface area contributed by atoms with Gasteiger partial charge in [-0.25, -0.2) is 13.4 Å². The lowest BCUT2D eigenvalue weighted by molar-refractivity contribution is 0.110. The van der Waals surface area contributed by atoms with Gasteiger partial charge in [-0.2, -0.15) is 0 Å². The Bertz CT molecular complexity index is 752. The molecule has 0 saturated carbocycles. The largest absolute Gasteiger partial charge is 0.491 e. The summed E-state index contributed by atoms with van der Waals surface area (Å²) in [5.74, 6) is 1.36. The number of sulfone groups is 1. The molecule has 0 atom stereocenters. The Hall–Kier alpha value is -1.07. The number of hydrogen-bond donors (Lipinski definition) is 2. The summed E-state index contributed by atoms with van der Waals surface area (Å²) in [4.78, 5) is 4.59. The predicted molar refractivity (Wildman–Crippen MR) is 130 cm³/mol. The lowest BCUT2D eigenvalue weighted by atomic mass is 10.1. The maximum absolute atomic E-state index is 11.9. The molecule has 0 aliphatic carbocycles. The molecule has 2 N–H and O–H groups in total. The molecule has 0 saturated heterocycles. The Labute approximate surface area is 193 Å². The summed E-state index contributed by atoms with van der Waals surface area (Å²) in [6.07, 6.45) is 1.25. The van der Waals surface area contributed by atoms with Crippen molar-refractivity contribution in [3.8, 4) is 5.75 Å². The maximum Gasteiger partial charge on any atom is 0.191 e. The SMILES string of the molecule is CCNC(=NCc1ccc(C)cc1OCCOCC)NCC(C)(C)S(C)(=O)=O.I. The molecular formula is C20H36IN3O4S. The molecule has 1 aromatic carbocycles. The number of halogens is 1. The van der Waals surface area contributed by atoms with Gasteiger partial charge in [-0.05, 0) is 46.2 Å². The van der Waals surface area contributed by atoms with Crippen molar-refractivity contribution >= 4 is 39.8 Å². The van der Waals surface area contributed by atoms with Crippen LogP contribution in [0, 0.1) is 6.92 Å². The van der Waals surface area contributed by atoms with Crippen LogP contribution in [0.2, 0.25) is 0 Å². The van der Waals surface area contributed by atoms with E-state index in [-0.39, 0.29) is 30.5 Å². The van der Waals surface area contributed by atoms with E-state index in [9.17, 15) is 8.42 Å². The molecule has 0 radical (unpaired) electrons. The number of ether oxygens (including phenoxy) is 2. The van der Waals surface area contributed by atoms with Crippen molar-refractivity contribution in [2.75, 3.05) is 39.2 Å². The number of benzene rings is 1. The van der Waals surface area contributed by atoms with Crippen molar-refractivity contribution in [3.63, 3.8) is 0 Å². The van der Waals surface area contributed by atoms with E-state index in [1.165, 1.54) is 6.26 Å². The van der Waals surface area contributed by atoms with Gasteiger partial charge >= 0.3 is 0 Å². The van der Waals surface area contributed by atoms with Crippen LogP contribution >= 0.6 is 24.0 Å². The molecule has 0 fully saturated rings. The molecule has 1 rings (SSSR count). The summed E-state index contributed by atoms with van der Waals surface area (Å²) in [7, 11) is -3.18. The van der Waals surface area contributed by atoms with Crippen molar-refractivity contribution in [3.05, 3.63) is 29.3 Å². The Balaban J connectivity index is 0.00000784. The fourth-order valence-electron chi connectivity index (χ4n) is 2.22. The quantitative estimate of drug-likeness (QED) is 0.194. The van der Waals surface area contributed by atoms with Gasteiger partial charge < -0.3 is 20.1 Å². The van der Waals surface area contributed by atoms with Gasteiger partial charge in [0.25, 0.3) is 0 Å². The molecular weight excluding hydrogens is 505 g/mol. The first-order valence-electron chi connectivity index (χ1n) is 9.62. The molecule has 0 unspecified atom stereocenters. The minimum Gasteiger partial charge on any atom is -0.491 e. The Morgan fingerprint density at radius 2 is 1.86 bits per heavy atom. The summed E-state index contributed by atoms with van der Waals surface area (Å²) in [5.41, 5.74) is 2.07. The van der Waals surface area contributed by atoms with Crippen molar-refractivity contribution in [1.82, 2.24) is 10.6 Å². The van der Waals surface area contributed by atoms with Crippen molar-refractivity contribution in [2.24, 2.45) is 4.99 Å². The van der Waals surface area contributed by atoms with Crippen LogP contribution in [-0.4, -0.2) is 58.3 Å². The van der Waals surface area contributed by atoms with Gasteiger partial charge in [0, 0.05) is 31.5 Å². The van der Waals surface area contributed by atoms with E-state index in [0.717, 1.165) is 16.9 Å². The van der Waals surface area contributed by atoms with Gasteiger partial charge in [0.2, 0.25) is 0 Å². The Morgan fingerprint density at radius 1 is 1.17 bits per heavy atom. The summed E-state index contributed by atoms with van der Waals surface area (Å²) >= 11 is 0. The fourth-order valence-corrected chi connectivity index (χ4v) is 2.55. The molecule has 7 nitrogen and oxygen atoms in total. The van der Waals surface area contributed by atoms with Crippen molar-refractivity contribution in [2.45, 2.75) is 45.9 Å². The van der Waals surface area contributed by atoms with Gasteiger partial charge in [0.05, 0.1) is 17.9 Å². The van der Waals surface area contributed by atoms with Crippen LogP contribution in [0.15, 0.2) is 23.2 Å². The summed E-state index contributed by atoms with van der Waals surface area (Å²) in [6, 6.07) is 6.01. The highest BCUT2D eigenvalue weighted by molar-refractivity contribution is 14.0. The van der Waals surface area contributed by atoms with E-state index < -0.39 is 14.6 Å². The molecule has 0 heterocycles. The highest BCUT2D eigenvalue weighted by Gasteiger charge is 2.30. The highest BCUT2D eigenvalue weighted by atomic mass is 127. The number of rotatable bonds is 11. The minimum atomic E-state index is -3.18. The van der Waals surface area contributed by atoms with E-state index in [4.69, 9.17) is 9.47 Å². The summed E-state index contributed by atoms with van der Waals surface area (Å²) < 4.78 is 34.1. The van der Waals surface area contributed by atoms with Crippen LogP contribution in [-0.2, 0) is 21.1 Å². The first-order valence-corrected chi connectivity index (χ1v) is 11.5. The highest BCUT2D eigenvalue weighted by Crippen LogP contribution is 2.21. The summed E-state index contributed by atoms with van der Waals surface area (Å²) in [6.45, 7) is 12.4. The van der Waals surface area contributed by atoms with Gasteiger partial charge in [-0.3, -0.25) is 0 Å². The average molecular weight is 541 g/mol. The molecule has 9 heteroatoms. The molecule has 0 aliphatic rings. The zero-order chi connectivity index (χ0) is 21.2. The number of nitrogens with zero attached hydrogens (tertiary/aromatic N) is 1. The zero-order valence-corrected chi connectivity index (χ0v) is 21.5. The van der Waals surface area contributed by atoms with Crippen molar-refractivity contribution < 1.29 is 17.9 Å². The normalized spacial score (nSPS) is 12.3. The van der Waals surface area contributed by atoms with Gasteiger partial charge in [0.1, 0.15) is 12.4 Å². The topological polar surface area (TPSA) is 89.0 Å². The first-order chi connectivity index (χ1) is 13.1. The van der Waals surface area contributed by atoms with Gasteiger partial charge in [-0.1, -0.05) is 12.1 Å².